The Kier molecular flexibility index (Phi) is 6.52. The van der Waals surface area contributed by atoms with Crippen molar-refractivity contribution in [1.29, 1.82) is 0 Å². The van der Waals surface area contributed by atoms with Gasteiger partial charge in [0.1, 0.15) is 0 Å². The minimum absolute atomic E-state index is 0.0393. The predicted molar refractivity (Wildman–Crippen MR) is 121 cm³/mol. The number of hydrogen-bond acceptors (Lipinski definition) is 6. The zero-order chi connectivity index (χ0) is 23.5. The Morgan fingerprint density at radius 2 is 1.85 bits per heavy atom. The Morgan fingerprint density at radius 1 is 1.12 bits per heavy atom. The van der Waals surface area contributed by atoms with Gasteiger partial charge in [-0.15, -0.1) is 0 Å². The van der Waals surface area contributed by atoms with E-state index in [-0.39, 0.29) is 13.1 Å². The van der Waals surface area contributed by atoms with E-state index in [0.29, 0.717) is 12.1 Å². The number of hydrogen-bond donors (Lipinski definition) is 4. The molecule has 2 unspecified atom stereocenters. The van der Waals surface area contributed by atoms with Crippen molar-refractivity contribution >= 4 is 40.7 Å². The van der Waals surface area contributed by atoms with Crippen LogP contribution in [0, 0.1) is 5.92 Å². The second-order valence-electron chi connectivity index (χ2n) is 7.72. The third kappa shape index (κ3) is 4.64. The van der Waals surface area contributed by atoms with E-state index in [1.807, 2.05) is 42.7 Å². The SMILES string of the molecule is CSc1nc2ccccc2n1Cc1ccc(C(=O)NC2CN(C(=O)O)CC2C(=O)NO)cc1. The lowest BCUT2D eigenvalue weighted by Gasteiger charge is -2.18. The molecule has 2 heterocycles. The number of carbonyl (C=O) groups is 3. The van der Waals surface area contributed by atoms with Gasteiger partial charge in [0.2, 0.25) is 5.91 Å². The number of likely N-dealkylation sites (tertiary alicyclic amines) is 1. The fraction of sp³-hybridized carbons (Fsp3) is 0.273. The molecule has 4 N–H and O–H groups in total. The fourth-order valence-corrected chi connectivity index (χ4v) is 4.59. The standard InChI is InChI=1S/C22H23N5O5S/c1-33-21-24-16-4-2-3-5-18(16)27(21)10-13-6-8-14(9-7-13)19(28)23-17-12-26(22(30)31)11-15(17)20(29)25-32/h2-9,15,17,32H,10-12H2,1H3,(H,23,28)(H,25,29)(H,30,31). The molecule has 1 aliphatic heterocycles. The highest BCUT2D eigenvalue weighted by Gasteiger charge is 2.40. The summed E-state index contributed by atoms with van der Waals surface area (Å²) in [6.07, 6.45) is 0.785. The number of fused-ring (bicyclic) bond motifs is 1. The van der Waals surface area contributed by atoms with Gasteiger partial charge in [-0.2, -0.15) is 0 Å². The van der Waals surface area contributed by atoms with Crippen LogP contribution in [-0.2, 0) is 11.3 Å². The molecule has 11 heteroatoms. The van der Waals surface area contributed by atoms with Crippen LogP contribution < -0.4 is 10.8 Å². The Bertz CT molecular complexity index is 1200. The van der Waals surface area contributed by atoms with Crippen LogP contribution in [0.1, 0.15) is 15.9 Å². The zero-order valence-corrected chi connectivity index (χ0v) is 18.6. The number of nitrogens with zero attached hydrogens (tertiary/aromatic N) is 3. The third-order valence-corrected chi connectivity index (χ3v) is 6.39. The van der Waals surface area contributed by atoms with E-state index in [1.165, 1.54) is 0 Å². The number of para-hydroxylation sites is 2. The monoisotopic (exact) mass is 469 g/mol. The van der Waals surface area contributed by atoms with Gasteiger partial charge >= 0.3 is 6.09 Å². The molecule has 33 heavy (non-hydrogen) atoms. The van der Waals surface area contributed by atoms with Crippen LogP contribution in [0.3, 0.4) is 0 Å². The average Bonchev–Trinajstić information content (AvgIpc) is 3.41. The molecule has 0 saturated carbocycles. The Balaban J connectivity index is 1.48. The predicted octanol–water partition coefficient (Wildman–Crippen LogP) is 2.02. The molecule has 0 radical (unpaired) electrons. The maximum Gasteiger partial charge on any atom is 0.407 e. The number of amides is 3. The molecule has 0 spiro atoms. The summed E-state index contributed by atoms with van der Waals surface area (Å²) in [6, 6.07) is 14.2. The first kappa shape index (κ1) is 22.6. The summed E-state index contributed by atoms with van der Waals surface area (Å²) in [4.78, 5) is 41.6. The number of imidazole rings is 1. The van der Waals surface area contributed by atoms with Gasteiger partial charge in [0.15, 0.2) is 5.16 Å². The molecule has 2 aromatic carbocycles. The topological polar surface area (TPSA) is 137 Å². The van der Waals surface area contributed by atoms with E-state index in [1.54, 1.807) is 29.4 Å². The summed E-state index contributed by atoms with van der Waals surface area (Å²) in [5.41, 5.74) is 4.86. The number of thioether (sulfide) groups is 1. The van der Waals surface area contributed by atoms with Crippen molar-refractivity contribution in [3.8, 4) is 0 Å². The van der Waals surface area contributed by atoms with Gasteiger partial charge in [-0.1, -0.05) is 36.0 Å². The third-order valence-electron chi connectivity index (χ3n) is 5.71. The molecule has 0 aliphatic carbocycles. The Labute approximate surface area is 193 Å². The van der Waals surface area contributed by atoms with Crippen molar-refractivity contribution in [2.24, 2.45) is 5.92 Å². The minimum Gasteiger partial charge on any atom is -0.465 e. The molecule has 10 nitrogen and oxygen atoms in total. The average molecular weight is 470 g/mol. The number of carboxylic acid groups (broad SMARTS) is 1. The molecule has 0 bridgehead atoms. The lowest BCUT2D eigenvalue weighted by Crippen LogP contribution is -2.45. The van der Waals surface area contributed by atoms with Gasteiger partial charge in [0.25, 0.3) is 5.91 Å². The molecular weight excluding hydrogens is 446 g/mol. The van der Waals surface area contributed by atoms with Gasteiger partial charge in [0.05, 0.1) is 29.5 Å². The van der Waals surface area contributed by atoms with E-state index in [4.69, 9.17) is 5.21 Å². The maximum absolute atomic E-state index is 12.7. The van der Waals surface area contributed by atoms with Gasteiger partial charge in [-0.3, -0.25) is 14.8 Å². The minimum atomic E-state index is -1.19. The normalized spacial score (nSPS) is 17.8. The molecule has 4 rings (SSSR count). The van der Waals surface area contributed by atoms with Crippen LogP contribution in [0.5, 0.6) is 0 Å². The highest BCUT2D eigenvalue weighted by molar-refractivity contribution is 7.98. The number of aromatic nitrogens is 2. The largest absolute Gasteiger partial charge is 0.465 e. The number of nitrogens with one attached hydrogen (secondary N) is 2. The van der Waals surface area contributed by atoms with Gasteiger partial charge in [-0.25, -0.2) is 15.3 Å². The van der Waals surface area contributed by atoms with E-state index in [0.717, 1.165) is 26.7 Å². The molecule has 172 valence electrons. The van der Waals surface area contributed by atoms with Crippen molar-refractivity contribution in [3.05, 3.63) is 59.7 Å². The quantitative estimate of drug-likeness (QED) is 0.246. The number of hydroxylamine groups is 1. The summed E-state index contributed by atoms with van der Waals surface area (Å²) in [5.74, 6) is -2.04. The highest BCUT2D eigenvalue weighted by atomic mass is 32.2. The summed E-state index contributed by atoms with van der Waals surface area (Å²) in [6.45, 7) is 0.443. The van der Waals surface area contributed by atoms with Crippen LogP contribution in [-0.4, -0.2) is 68.1 Å². The van der Waals surface area contributed by atoms with Crippen LogP contribution in [0.25, 0.3) is 11.0 Å². The molecule has 1 fully saturated rings. The van der Waals surface area contributed by atoms with Crippen molar-refractivity contribution in [2.75, 3.05) is 19.3 Å². The Morgan fingerprint density at radius 3 is 2.52 bits per heavy atom. The van der Waals surface area contributed by atoms with E-state index >= 15 is 0 Å². The maximum atomic E-state index is 12.7. The molecular formula is C22H23N5O5S. The summed E-state index contributed by atoms with van der Waals surface area (Å²) >= 11 is 1.56. The second-order valence-corrected chi connectivity index (χ2v) is 8.49. The molecule has 1 saturated heterocycles. The number of carbonyl (C=O) groups excluding carboxylic acids is 2. The second kappa shape index (κ2) is 9.51. The smallest absolute Gasteiger partial charge is 0.407 e. The van der Waals surface area contributed by atoms with E-state index in [2.05, 4.69) is 14.9 Å². The molecule has 3 aromatic rings. The van der Waals surface area contributed by atoms with Gasteiger partial charge in [-0.05, 0) is 36.1 Å². The number of rotatable bonds is 6. The summed E-state index contributed by atoms with van der Waals surface area (Å²) < 4.78 is 2.12. The first-order valence-electron chi connectivity index (χ1n) is 10.2. The van der Waals surface area contributed by atoms with Crippen molar-refractivity contribution in [2.45, 2.75) is 17.7 Å². The van der Waals surface area contributed by atoms with Crippen LogP contribution in [0.4, 0.5) is 4.79 Å². The van der Waals surface area contributed by atoms with Crippen LogP contribution in [0.15, 0.2) is 53.7 Å². The van der Waals surface area contributed by atoms with Crippen molar-refractivity contribution < 1.29 is 24.7 Å². The van der Waals surface area contributed by atoms with Crippen LogP contribution >= 0.6 is 11.8 Å². The molecule has 1 aromatic heterocycles. The van der Waals surface area contributed by atoms with Crippen molar-refractivity contribution in [3.63, 3.8) is 0 Å². The lowest BCUT2D eigenvalue weighted by molar-refractivity contribution is -0.133. The molecule has 2 atom stereocenters. The molecule has 1 aliphatic rings. The zero-order valence-electron chi connectivity index (χ0n) is 17.8. The van der Waals surface area contributed by atoms with Crippen LogP contribution in [0.2, 0.25) is 0 Å². The fourth-order valence-electron chi connectivity index (χ4n) is 4.01. The summed E-state index contributed by atoms with van der Waals surface area (Å²) in [7, 11) is 0. The van der Waals surface area contributed by atoms with E-state index in [9.17, 15) is 19.5 Å². The highest BCUT2D eigenvalue weighted by Crippen LogP contribution is 2.24. The van der Waals surface area contributed by atoms with Gasteiger partial charge in [0, 0.05) is 18.7 Å². The number of benzene rings is 2. The summed E-state index contributed by atoms with van der Waals surface area (Å²) in [5, 5.41) is 21.8. The lowest BCUT2D eigenvalue weighted by atomic mass is 10.0. The van der Waals surface area contributed by atoms with Crippen molar-refractivity contribution in [1.82, 2.24) is 25.2 Å². The Hall–Kier alpha value is -3.57. The first-order chi connectivity index (χ1) is 15.9. The van der Waals surface area contributed by atoms with E-state index < -0.39 is 29.9 Å². The van der Waals surface area contributed by atoms with Gasteiger partial charge < -0.3 is 19.9 Å². The first-order valence-corrected chi connectivity index (χ1v) is 11.4. The molecule has 3 amide bonds.